The first-order chi connectivity index (χ1) is 11.6. The number of nitrogens with zero attached hydrogens (tertiary/aromatic N) is 2. The van der Waals surface area contributed by atoms with Gasteiger partial charge in [0.25, 0.3) is 0 Å². The predicted octanol–water partition coefficient (Wildman–Crippen LogP) is 3.02. The van der Waals surface area contributed by atoms with Gasteiger partial charge in [0, 0.05) is 25.2 Å². The third kappa shape index (κ3) is 4.51. The Balaban J connectivity index is 1.49. The predicted molar refractivity (Wildman–Crippen MR) is 99.0 cm³/mol. The zero-order valence-corrected chi connectivity index (χ0v) is 15.8. The minimum absolute atomic E-state index is 0.134. The second-order valence-corrected chi connectivity index (χ2v) is 8.52. The Bertz CT molecular complexity index is 408. The van der Waals surface area contributed by atoms with Crippen LogP contribution in [0.5, 0.6) is 0 Å². The van der Waals surface area contributed by atoms with E-state index in [1.54, 1.807) is 0 Å². The zero-order chi connectivity index (χ0) is 16.9. The molecular weight excluding hydrogens is 298 g/mol. The molecule has 2 saturated heterocycles. The molecular formula is C20H37N3O. The van der Waals surface area contributed by atoms with E-state index in [-0.39, 0.29) is 6.04 Å². The van der Waals surface area contributed by atoms with Crippen molar-refractivity contribution in [2.24, 2.45) is 5.92 Å². The molecule has 1 saturated carbocycles. The molecule has 0 bridgehead atoms. The molecule has 4 heteroatoms. The van der Waals surface area contributed by atoms with Crippen LogP contribution in [0.3, 0.4) is 0 Å². The summed E-state index contributed by atoms with van der Waals surface area (Å²) in [5.41, 5.74) is 0. The molecule has 4 nitrogen and oxygen atoms in total. The third-order valence-electron chi connectivity index (χ3n) is 6.52. The summed E-state index contributed by atoms with van der Waals surface area (Å²) >= 11 is 0. The molecule has 0 spiro atoms. The van der Waals surface area contributed by atoms with E-state index < -0.39 is 0 Å². The Morgan fingerprint density at radius 1 is 1.04 bits per heavy atom. The van der Waals surface area contributed by atoms with E-state index in [2.05, 4.69) is 29.0 Å². The van der Waals surface area contributed by atoms with Crippen LogP contribution in [-0.4, -0.2) is 60.0 Å². The van der Waals surface area contributed by atoms with Gasteiger partial charge in [-0.3, -0.25) is 14.6 Å². The molecule has 3 fully saturated rings. The summed E-state index contributed by atoms with van der Waals surface area (Å²) in [6.45, 7) is 8.93. The molecule has 24 heavy (non-hydrogen) atoms. The van der Waals surface area contributed by atoms with Crippen LogP contribution >= 0.6 is 0 Å². The molecule has 0 aromatic rings. The van der Waals surface area contributed by atoms with Crippen LogP contribution in [0.25, 0.3) is 0 Å². The summed E-state index contributed by atoms with van der Waals surface area (Å²) in [6, 6.07) is 1.26. The molecule has 2 aliphatic heterocycles. The van der Waals surface area contributed by atoms with E-state index in [1.165, 1.54) is 64.5 Å². The molecule has 3 rings (SSSR count). The Hall–Kier alpha value is -0.610. The van der Waals surface area contributed by atoms with Gasteiger partial charge in [-0.25, -0.2) is 0 Å². The van der Waals surface area contributed by atoms with Crippen LogP contribution in [0.4, 0.5) is 0 Å². The Labute approximate surface area is 148 Å². The molecule has 2 heterocycles. The van der Waals surface area contributed by atoms with E-state index in [0.29, 0.717) is 18.0 Å². The lowest BCUT2D eigenvalue weighted by Crippen LogP contribution is -2.54. The van der Waals surface area contributed by atoms with Gasteiger partial charge in [0.1, 0.15) is 0 Å². The van der Waals surface area contributed by atoms with Crippen LogP contribution < -0.4 is 5.32 Å². The maximum absolute atomic E-state index is 12.8. The summed E-state index contributed by atoms with van der Waals surface area (Å²) in [5, 5.41) is 3.30. The first kappa shape index (κ1) is 18.2. The first-order valence-corrected chi connectivity index (χ1v) is 10.4. The van der Waals surface area contributed by atoms with Gasteiger partial charge in [0.2, 0.25) is 5.91 Å². The molecule has 0 aromatic carbocycles. The number of amides is 1. The number of carbonyl (C=O) groups is 1. The van der Waals surface area contributed by atoms with Gasteiger partial charge >= 0.3 is 0 Å². The Kier molecular flexibility index (Phi) is 6.56. The number of hydrogen-bond donors (Lipinski definition) is 1. The fourth-order valence-corrected chi connectivity index (χ4v) is 5.03. The molecule has 3 aliphatic rings. The first-order valence-electron chi connectivity index (χ1n) is 10.4. The van der Waals surface area contributed by atoms with Crippen molar-refractivity contribution < 1.29 is 4.79 Å². The van der Waals surface area contributed by atoms with E-state index in [1.807, 2.05) is 0 Å². The van der Waals surface area contributed by atoms with Gasteiger partial charge < -0.3 is 5.32 Å². The molecule has 1 amide bonds. The SMILES string of the molecule is CC1CCCN(C(C)CNC(=O)C2CCCCN2C2CCCC2)C1. The van der Waals surface area contributed by atoms with Gasteiger partial charge in [0.05, 0.1) is 6.04 Å². The molecule has 138 valence electrons. The molecule has 3 atom stereocenters. The lowest BCUT2D eigenvalue weighted by molar-refractivity contribution is -0.129. The minimum Gasteiger partial charge on any atom is -0.353 e. The number of likely N-dealkylation sites (tertiary alicyclic amines) is 2. The monoisotopic (exact) mass is 335 g/mol. The smallest absolute Gasteiger partial charge is 0.237 e. The quantitative estimate of drug-likeness (QED) is 0.839. The summed E-state index contributed by atoms with van der Waals surface area (Å²) in [4.78, 5) is 17.9. The normalized spacial score (nSPS) is 31.9. The average Bonchev–Trinajstić information content (AvgIpc) is 3.14. The van der Waals surface area contributed by atoms with E-state index in [9.17, 15) is 4.79 Å². The molecule has 0 radical (unpaired) electrons. The summed E-state index contributed by atoms with van der Waals surface area (Å²) < 4.78 is 0. The van der Waals surface area contributed by atoms with Crippen LogP contribution in [0.2, 0.25) is 0 Å². The van der Waals surface area contributed by atoms with Gasteiger partial charge in [-0.1, -0.05) is 26.2 Å². The van der Waals surface area contributed by atoms with Crippen LogP contribution in [0.15, 0.2) is 0 Å². The highest BCUT2D eigenvalue weighted by Gasteiger charge is 2.34. The summed E-state index contributed by atoms with van der Waals surface area (Å²) in [6.07, 6.45) is 11.5. The number of hydrogen-bond acceptors (Lipinski definition) is 3. The second-order valence-electron chi connectivity index (χ2n) is 8.52. The minimum atomic E-state index is 0.134. The van der Waals surface area contributed by atoms with Crippen LogP contribution in [0, 0.1) is 5.92 Å². The second kappa shape index (κ2) is 8.66. The Morgan fingerprint density at radius 2 is 1.79 bits per heavy atom. The van der Waals surface area contributed by atoms with Gasteiger partial charge in [-0.2, -0.15) is 0 Å². The number of piperidine rings is 2. The van der Waals surface area contributed by atoms with Crippen molar-refractivity contribution in [3.05, 3.63) is 0 Å². The van der Waals surface area contributed by atoms with Crippen molar-refractivity contribution in [2.75, 3.05) is 26.2 Å². The van der Waals surface area contributed by atoms with Crippen molar-refractivity contribution >= 4 is 5.91 Å². The fraction of sp³-hybridized carbons (Fsp3) is 0.950. The van der Waals surface area contributed by atoms with Crippen molar-refractivity contribution in [3.8, 4) is 0 Å². The molecule has 1 aliphatic carbocycles. The third-order valence-corrected chi connectivity index (χ3v) is 6.52. The van der Waals surface area contributed by atoms with Crippen molar-refractivity contribution in [1.29, 1.82) is 0 Å². The number of rotatable bonds is 5. The number of nitrogens with one attached hydrogen (secondary N) is 1. The highest BCUT2D eigenvalue weighted by atomic mass is 16.2. The van der Waals surface area contributed by atoms with E-state index in [0.717, 1.165) is 25.4 Å². The van der Waals surface area contributed by atoms with Crippen molar-refractivity contribution in [1.82, 2.24) is 15.1 Å². The standard InChI is InChI=1S/C20H37N3O/c1-16-8-7-12-22(15-16)17(2)14-21-20(24)19-11-5-6-13-23(19)18-9-3-4-10-18/h16-19H,3-15H2,1-2H3,(H,21,24). The van der Waals surface area contributed by atoms with Gasteiger partial charge in [-0.05, 0) is 64.5 Å². The topological polar surface area (TPSA) is 35.6 Å². The molecule has 3 unspecified atom stereocenters. The van der Waals surface area contributed by atoms with Crippen LogP contribution in [0.1, 0.15) is 71.6 Å². The summed E-state index contributed by atoms with van der Waals surface area (Å²) in [7, 11) is 0. The van der Waals surface area contributed by atoms with E-state index in [4.69, 9.17) is 0 Å². The largest absolute Gasteiger partial charge is 0.353 e. The Morgan fingerprint density at radius 3 is 2.54 bits per heavy atom. The fourth-order valence-electron chi connectivity index (χ4n) is 5.03. The van der Waals surface area contributed by atoms with Crippen molar-refractivity contribution in [3.63, 3.8) is 0 Å². The maximum Gasteiger partial charge on any atom is 0.237 e. The molecule has 1 N–H and O–H groups in total. The highest BCUT2D eigenvalue weighted by Crippen LogP contribution is 2.29. The van der Waals surface area contributed by atoms with E-state index >= 15 is 0 Å². The highest BCUT2D eigenvalue weighted by molar-refractivity contribution is 5.81. The van der Waals surface area contributed by atoms with Gasteiger partial charge in [0.15, 0.2) is 0 Å². The maximum atomic E-state index is 12.8. The zero-order valence-electron chi connectivity index (χ0n) is 15.8. The van der Waals surface area contributed by atoms with Crippen molar-refractivity contribution in [2.45, 2.75) is 89.8 Å². The van der Waals surface area contributed by atoms with Gasteiger partial charge in [-0.15, -0.1) is 0 Å². The summed E-state index contributed by atoms with van der Waals surface area (Å²) in [5.74, 6) is 1.09. The van der Waals surface area contributed by atoms with Crippen LogP contribution in [-0.2, 0) is 4.79 Å². The molecule has 0 aromatic heterocycles. The number of carbonyl (C=O) groups excluding carboxylic acids is 1. The lowest BCUT2D eigenvalue weighted by Gasteiger charge is -2.39. The average molecular weight is 336 g/mol. The lowest BCUT2D eigenvalue weighted by atomic mass is 9.97.